The Morgan fingerprint density at radius 2 is 0.397 bits per heavy atom. The molecule has 6 rings (SSSR count). The number of carbonyl (C=O) groups is 4. The zero-order valence-corrected chi connectivity index (χ0v) is 40.0. The second-order valence-corrected chi connectivity index (χ2v) is 11.0. The minimum Gasteiger partial charge on any atom is -0.545 e. The predicted molar refractivity (Wildman–Crippen MR) is 251 cm³/mol. The first-order chi connectivity index (χ1) is 25.1. The molecule has 372 valence electrons. The third-order valence-electron chi connectivity index (χ3n) is 7.41. The number of para-hydroxylation sites is 4. The van der Waals surface area contributed by atoms with Gasteiger partial charge in [0.05, 0.1) is 23.9 Å². The Balaban J connectivity index is -0.0000000747. The first-order valence-electron chi connectivity index (χ1n) is 15.6. The summed E-state index contributed by atoms with van der Waals surface area (Å²) < 4.78 is 0. The summed E-state index contributed by atoms with van der Waals surface area (Å²) in [6.45, 7) is 0. The predicted octanol–water partition coefficient (Wildman–Crippen LogP) is -8.51. The van der Waals surface area contributed by atoms with Gasteiger partial charge in [0.25, 0.3) is 0 Å². The van der Waals surface area contributed by atoms with Crippen LogP contribution in [0.1, 0.15) is 41.4 Å². The number of anilines is 8. The van der Waals surface area contributed by atoms with E-state index in [1.54, 1.807) is 97.1 Å². The molecule has 0 radical (unpaired) electrons. The Bertz CT molecular complexity index is 1920. The summed E-state index contributed by atoms with van der Waals surface area (Å²) in [4.78, 5) is 46.2. The number of benzene rings is 6. The summed E-state index contributed by atoms with van der Waals surface area (Å²) in [5.41, 5.74) is 2.20. The largest absolute Gasteiger partial charge is 2.00 e. The van der Waals surface area contributed by atoms with Crippen LogP contribution in [0.5, 0.6) is 0 Å². The molecular weight excluding hydrogens is 969 g/mol. The van der Waals surface area contributed by atoms with Gasteiger partial charge >= 0.3 is 75.5 Å². The quantitative estimate of drug-likeness (QED) is 0.0831. The Labute approximate surface area is 446 Å². The van der Waals surface area contributed by atoms with E-state index in [0.29, 0.717) is 22.7 Å². The molecule has 0 heterocycles. The van der Waals surface area contributed by atoms with Gasteiger partial charge in [-0.2, -0.15) is 0 Å². The first kappa shape index (κ1) is 92.6. The van der Waals surface area contributed by atoms with Crippen LogP contribution in [0, 0.1) is 0 Å². The van der Waals surface area contributed by atoms with Gasteiger partial charge in [-0.15, -0.1) is 0 Å². The van der Waals surface area contributed by atoms with Crippen LogP contribution in [0.2, 0.25) is 0 Å². The maximum absolute atomic E-state index is 11.6. The Morgan fingerprint density at radius 3 is 0.515 bits per heavy atom. The van der Waals surface area contributed by atoms with Crippen molar-refractivity contribution in [2.24, 2.45) is 0 Å². The Kier molecular flexibility index (Phi) is 61.5. The summed E-state index contributed by atoms with van der Waals surface area (Å²) in [5, 5.41) is 57.8. The Morgan fingerprint density at radius 1 is 0.265 bits per heavy atom. The summed E-state index contributed by atoms with van der Waals surface area (Å²) in [6, 6.07) is 40.1. The molecule has 0 bridgehead atoms. The monoisotopic (exact) mass is 1020 g/mol. The van der Waals surface area contributed by atoms with E-state index in [1.807, 2.05) is 24.3 Å². The molecule has 68 heavy (non-hydrogen) atoms. The van der Waals surface area contributed by atoms with Crippen LogP contribution in [0.25, 0.3) is 0 Å². The molecular formula is C40H56Ca2N4O22. The van der Waals surface area contributed by atoms with Crippen LogP contribution < -0.4 is 41.7 Å². The molecule has 0 saturated heterocycles. The SMILES string of the molecule is O.O.O.O.O.O.O.O.O.O.O.O.O.O.O=C([O-])c1cc(Nc2ccccc2)c(C(=O)[O-])cc1Nc1ccccc1.O=C([O-])c1cc(Nc2ccccc2)c(C(=O)[O-])cc1Nc1ccccc1.[Ca+2].[Ca+2]. The van der Waals surface area contributed by atoms with E-state index in [4.69, 9.17) is 0 Å². The number of carboxylic acids is 4. The van der Waals surface area contributed by atoms with Crippen LogP contribution in [-0.2, 0) is 0 Å². The molecule has 0 aromatic heterocycles. The number of hydrogen-bond donors (Lipinski definition) is 4. The minimum atomic E-state index is -1.43. The third kappa shape index (κ3) is 26.0. The van der Waals surface area contributed by atoms with Crippen LogP contribution in [-0.4, -0.2) is 176 Å². The summed E-state index contributed by atoms with van der Waals surface area (Å²) >= 11 is 0. The molecule has 0 amide bonds. The van der Waals surface area contributed by atoms with E-state index in [2.05, 4.69) is 21.3 Å². The smallest absolute Gasteiger partial charge is 0.545 e. The minimum absolute atomic E-state index is 0. The fourth-order valence-electron chi connectivity index (χ4n) is 5.00. The van der Waals surface area contributed by atoms with Gasteiger partial charge in [-0.25, -0.2) is 0 Å². The molecule has 0 unspecified atom stereocenters. The van der Waals surface area contributed by atoms with Crippen LogP contribution >= 0.6 is 0 Å². The fourth-order valence-corrected chi connectivity index (χ4v) is 5.00. The standard InChI is InChI=1S/2C20H16N2O4.2Ca.14H2O/c2*23-19(24)15-12-18(22-14-9-5-2-6-10-14)16(20(25)26)11-17(15)21-13-7-3-1-4-8-13;;;;;;;;;;;;;;;;/h2*1-12,21-22H,(H,23,24)(H,25,26);;;14*1H2/q;;2*+2;;;;;;;;;;;;;;/p-4. The molecule has 26 nitrogen and oxygen atoms in total. The van der Waals surface area contributed by atoms with E-state index in [0.717, 1.165) is 0 Å². The van der Waals surface area contributed by atoms with Crippen molar-refractivity contribution in [2.45, 2.75) is 0 Å². The van der Waals surface area contributed by atoms with E-state index < -0.39 is 23.9 Å². The maximum atomic E-state index is 11.6. The topological polar surface area (TPSA) is 650 Å². The van der Waals surface area contributed by atoms with Gasteiger partial charge in [-0.3, -0.25) is 0 Å². The number of hydrogen-bond acceptors (Lipinski definition) is 12. The average Bonchev–Trinajstić information content (AvgIpc) is 3.14. The average molecular weight is 1030 g/mol. The molecule has 6 aromatic rings. The van der Waals surface area contributed by atoms with Crippen LogP contribution in [0.15, 0.2) is 146 Å². The molecule has 28 heteroatoms. The number of nitrogens with one attached hydrogen (secondary N) is 4. The van der Waals surface area contributed by atoms with Crippen molar-refractivity contribution < 1.29 is 116 Å². The molecule has 0 fully saturated rings. The van der Waals surface area contributed by atoms with Gasteiger partial charge in [0.15, 0.2) is 0 Å². The normalized spacial score (nSPS) is 7.76. The van der Waals surface area contributed by atoms with Crippen molar-refractivity contribution in [1.82, 2.24) is 0 Å². The van der Waals surface area contributed by atoms with Crippen molar-refractivity contribution >= 4 is 145 Å². The third-order valence-corrected chi connectivity index (χ3v) is 7.41. The van der Waals surface area contributed by atoms with Crippen LogP contribution in [0.4, 0.5) is 45.5 Å². The molecule has 0 aliphatic heterocycles. The zero-order valence-electron chi connectivity index (χ0n) is 35.5. The van der Waals surface area contributed by atoms with Gasteiger partial charge in [0.2, 0.25) is 0 Å². The first-order valence-corrected chi connectivity index (χ1v) is 15.6. The van der Waals surface area contributed by atoms with Gasteiger partial charge in [0.1, 0.15) is 0 Å². The molecule has 0 saturated carbocycles. The number of carboxylic acid groups (broad SMARTS) is 4. The van der Waals surface area contributed by atoms with Gasteiger partial charge < -0.3 is 138 Å². The van der Waals surface area contributed by atoms with Crippen LogP contribution in [0.3, 0.4) is 0 Å². The molecule has 0 spiro atoms. The van der Waals surface area contributed by atoms with Crippen molar-refractivity contribution in [3.05, 3.63) is 168 Å². The van der Waals surface area contributed by atoms with E-state index in [1.165, 1.54) is 24.3 Å². The van der Waals surface area contributed by atoms with Gasteiger partial charge in [-0.1, -0.05) is 72.8 Å². The number of rotatable bonds is 12. The molecule has 0 aliphatic carbocycles. The number of carbonyl (C=O) groups excluding carboxylic acids is 4. The second-order valence-electron chi connectivity index (χ2n) is 11.0. The van der Waals surface area contributed by atoms with Gasteiger partial charge in [0, 0.05) is 67.8 Å². The Hall–Kier alpha value is -5.64. The van der Waals surface area contributed by atoms with E-state index >= 15 is 0 Å². The zero-order chi connectivity index (χ0) is 37.0. The molecule has 0 atom stereocenters. The fraction of sp³-hybridized carbons (Fsp3) is 0. The summed E-state index contributed by atoms with van der Waals surface area (Å²) in [6.07, 6.45) is 0. The van der Waals surface area contributed by atoms with E-state index in [9.17, 15) is 39.6 Å². The molecule has 6 aromatic carbocycles. The molecule has 32 N–H and O–H groups in total. The summed E-state index contributed by atoms with van der Waals surface area (Å²) in [5.74, 6) is -5.71. The van der Waals surface area contributed by atoms with E-state index in [-0.39, 0.29) is 197 Å². The van der Waals surface area contributed by atoms with Crippen molar-refractivity contribution in [3.8, 4) is 0 Å². The maximum Gasteiger partial charge on any atom is 2.00 e. The van der Waals surface area contributed by atoms with Crippen molar-refractivity contribution in [3.63, 3.8) is 0 Å². The molecule has 0 aliphatic rings. The van der Waals surface area contributed by atoms with Gasteiger partial charge in [-0.05, 0) is 72.8 Å². The van der Waals surface area contributed by atoms with Crippen molar-refractivity contribution in [1.29, 1.82) is 0 Å². The number of aromatic carboxylic acids is 4. The summed E-state index contributed by atoms with van der Waals surface area (Å²) in [7, 11) is 0. The van der Waals surface area contributed by atoms with Crippen molar-refractivity contribution in [2.75, 3.05) is 21.3 Å². The second kappa shape index (κ2) is 45.2.